The Kier molecular flexibility index (Phi) is 4.44. The van der Waals surface area contributed by atoms with Gasteiger partial charge in [0.2, 0.25) is 0 Å². The van der Waals surface area contributed by atoms with Crippen molar-refractivity contribution in [1.82, 2.24) is 10.2 Å². The topological polar surface area (TPSA) is 69.6 Å². The van der Waals surface area contributed by atoms with Crippen molar-refractivity contribution in [2.45, 2.75) is 51.0 Å². The van der Waals surface area contributed by atoms with Gasteiger partial charge in [-0.05, 0) is 25.7 Å². The molecule has 0 bridgehead atoms. The number of carbonyl (C=O) groups is 2. The lowest BCUT2D eigenvalue weighted by atomic mass is 10.0. The SMILES string of the molecule is O=C(O)C1CCCC1NC(=O)N1CCCCCC1. The molecular weight excluding hydrogens is 232 g/mol. The Labute approximate surface area is 108 Å². The lowest BCUT2D eigenvalue weighted by Crippen LogP contribution is -2.47. The molecule has 1 saturated heterocycles. The van der Waals surface area contributed by atoms with E-state index in [2.05, 4.69) is 5.32 Å². The zero-order valence-corrected chi connectivity index (χ0v) is 10.7. The summed E-state index contributed by atoms with van der Waals surface area (Å²) in [6, 6.07) is -0.256. The number of nitrogens with zero attached hydrogens (tertiary/aromatic N) is 1. The predicted molar refractivity (Wildman–Crippen MR) is 67.3 cm³/mol. The van der Waals surface area contributed by atoms with Crippen molar-refractivity contribution < 1.29 is 14.7 Å². The summed E-state index contributed by atoms with van der Waals surface area (Å²) in [7, 11) is 0. The van der Waals surface area contributed by atoms with Gasteiger partial charge in [0.1, 0.15) is 0 Å². The van der Waals surface area contributed by atoms with E-state index in [1.54, 1.807) is 0 Å². The van der Waals surface area contributed by atoms with Crippen LogP contribution >= 0.6 is 0 Å². The van der Waals surface area contributed by atoms with Crippen molar-refractivity contribution in [2.75, 3.05) is 13.1 Å². The van der Waals surface area contributed by atoms with Crippen LogP contribution in [0.5, 0.6) is 0 Å². The molecule has 102 valence electrons. The molecule has 5 nitrogen and oxygen atoms in total. The van der Waals surface area contributed by atoms with E-state index in [1.807, 2.05) is 4.90 Å². The zero-order valence-electron chi connectivity index (χ0n) is 10.7. The van der Waals surface area contributed by atoms with Crippen LogP contribution in [0.2, 0.25) is 0 Å². The first-order valence-electron chi connectivity index (χ1n) is 6.97. The van der Waals surface area contributed by atoms with Gasteiger partial charge in [0, 0.05) is 19.1 Å². The second-order valence-corrected chi connectivity index (χ2v) is 5.33. The highest BCUT2D eigenvalue weighted by Gasteiger charge is 2.34. The average Bonchev–Trinajstić information content (AvgIpc) is 2.63. The number of rotatable bonds is 2. The van der Waals surface area contributed by atoms with Crippen LogP contribution in [0.1, 0.15) is 44.9 Å². The third-order valence-corrected chi connectivity index (χ3v) is 4.04. The lowest BCUT2D eigenvalue weighted by molar-refractivity contribution is -0.142. The number of carboxylic acid groups (broad SMARTS) is 1. The van der Waals surface area contributed by atoms with Crippen molar-refractivity contribution in [3.8, 4) is 0 Å². The van der Waals surface area contributed by atoms with Gasteiger partial charge in [-0.15, -0.1) is 0 Å². The van der Waals surface area contributed by atoms with Gasteiger partial charge in [0.05, 0.1) is 5.92 Å². The molecule has 0 aromatic carbocycles. The van der Waals surface area contributed by atoms with Crippen LogP contribution in [0, 0.1) is 5.92 Å². The maximum Gasteiger partial charge on any atom is 0.317 e. The summed E-state index contributed by atoms with van der Waals surface area (Å²) in [5, 5.41) is 12.0. The van der Waals surface area contributed by atoms with Gasteiger partial charge in [-0.3, -0.25) is 4.79 Å². The summed E-state index contributed by atoms with van der Waals surface area (Å²) in [4.78, 5) is 25.0. The molecule has 18 heavy (non-hydrogen) atoms. The third-order valence-electron chi connectivity index (χ3n) is 4.04. The molecule has 0 spiro atoms. The molecule has 2 aliphatic rings. The van der Waals surface area contributed by atoms with Gasteiger partial charge in [-0.1, -0.05) is 19.3 Å². The number of hydrogen-bond acceptors (Lipinski definition) is 2. The van der Waals surface area contributed by atoms with Crippen LogP contribution in [0.3, 0.4) is 0 Å². The fraction of sp³-hybridized carbons (Fsp3) is 0.846. The molecule has 2 unspecified atom stereocenters. The molecule has 2 fully saturated rings. The van der Waals surface area contributed by atoms with Crippen molar-refractivity contribution in [2.24, 2.45) is 5.92 Å². The minimum atomic E-state index is -0.784. The van der Waals surface area contributed by atoms with Crippen molar-refractivity contribution >= 4 is 12.0 Å². The van der Waals surface area contributed by atoms with Crippen LogP contribution < -0.4 is 5.32 Å². The molecule has 5 heteroatoms. The summed E-state index contributed by atoms with van der Waals surface area (Å²) in [5.74, 6) is -1.19. The summed E-state index contributed by atoms with van der Waals surface area (Å²) in [5.41, 5.74) is 0. The first kappa shape index (κ1) is 13.2. The highest BCUT2D eigenvalue weighted by molar-refractivity contribution is 5.77. The van der Waals surface area contributed by atoms with Gasteiger partial charge in [-0.25, -0.2) is 4.79 Å². The molecule has 0 radical (unpaired) electrons. The number of hydrogen-bond donors (Lipinski definition) is 2. The maximum atomic E-state index is 12.1. The molecule has 2 rings (SSSR count). The van der Waals surface area contributed by atoms with Crippen LogP contribution in [-0.2, 0) is 4.79 Å². The predicted octanol–water partition coefficient (Wildman–Crippen LogP) is 1.83. The molecular formula is C13H22N2O3. The number of nitrogens with one attached hydrogen (secondary N) is 1. The largest absolute Gasteiger partial charge is 0.481 e. The number of aliphatic carboxylic acids is 1. The van der Waals surface area contributed by atoms with E-state index in [-0.39, 0.29) is 12.1 Å². The van der Waals surface area contributed by atoms with Gasteiger partial charge >= 0.3 is 12.0 Å². The smallest absolute Gasteiger partial charge is 0.317 e. The van der Waals surface area contributed by atoms with Crippen molar-refractivity contribution in [3.05, 3.63) is 0 Å². The molecule has 1 aliphatic heterocycles. The Morgan fingerprint density at radius 3 is 2.28 bits per heavy atom. The van der Waals surface area contributed by atoms with Crippen LogP contribution in [0.25, 0.3) is 0 Å². The molecule has 1 aliphatic carbocycles. The fourth-order valence-corrected chi connectivity index (χ4v) is 2.95. The number of amides is 2. The van der Waals surface area contributed by atoms with E-state index in [4.69, 9.17) is 5.11 Å². The molecule has 2 N–H and O–H groups in total. The Balaban J connectivity index is 1.87. The van der Waals surface area contributed by atoms with Gasteiger partial charge in [0.15, 0.2) is 0 Å². The van der Waals surface area contributed by atoms with E-state index < -0.39 is 11.9 Å². The highest BCUT2D eigenvalue weighted by atomic mass is 16.4. The van der Waals surface area contributed by atoms with E-state index >= 15 is 0 Å². The van der Waals surface area contributed by atoms with Crippen molar-refractivity contribution in [3.63, 3.8) is 0 Å². The van der Waals surface area contributed by atoms with Gasteiger partial charge in [-0.2, -0.15) is 0 Å². The van der Waals surface area contributed by atoms with Crippen LogP contribution in [0.4, 0.5) is 4.79 Å². The minimum Gasteiger partial charge on any atom is -0.481 e. The molecule has 0 aromatic rings. The number of carboxylic acids is 1. The maximum absolute atomic E-state index is 12.1. The summed E-state index contributed by atoms with van der Waals surface area (Å²) >= 11 is 0. The summed E-state index contributed by atoms with van der Waals surface area (Å²) in [6.45, 7) is 1.60. The average molecular weight is 254 g/mol. The van der Waals surface area contributed by atoms with E-state index in [1.165, 1.54) is 12.8 Å². The van der Waals surface area contributed by atoms with Crippen molar-refractivity contribution in [1.29, 1.82) is 0 Å². The van der Waals surface area contributed by atoms with Crippen LogP contribution in [0.15, 0.2) is 0 Å². The summed E-state index contributed by atoms with van der Waals surface area (Å²) < 4.78 is 0. The second kappa shape index (κ2) is 6.07. The Morgan fingerprint density at radius 2 is 1.67 bits per heavy atom. The molecule has 1 saturated carbocycles. The van der Waals surface area contributed by atoms with Crippen LogP contribution in [-0.4, -0.2) is 41.1 Å². The van der Waals surface area contributed by atoms with Gasteiger partial charge in [0.25, 0.3) is 0 Å². The minimum absolute atomic E-state index is 0.0740. The molecule has 2 amide bonds. The Bertz CT molecular complexity index is 311. The normalized spacial score (nSPS) is 28.8. The molecule has 1 heterocycles. The summed E-state index contributed by atoms with van der Waals surface area (Å²) in [6.07, 6.45) is 6.84. The van der Waals surface area contributed by atoms with E-state index in [9.17, 15) is 9.59 Å². The monoisotopic (exact) mass is 254 g/mol. The molecule has 2 atom stereocenters. The van der Waals surface area contributed by atoms with E-state index in [0.717, 1.165) is 38.8 Å². The Hall–Kier alpha value is -1.26. The first-order chi connectivity index (χ1) is 8.68. The standard InChI is InChI=1S/C13H22N2O3/c16-12(17)10-6-5-7-11(10)14-13(18)15-8-3-1-2-4-9-15/h10-11H,1-9H2,(H,14,18)(H,16,17). The zero-order chi connectivity index (χ0) is 13.0. The number of carbonyl (C=O) groups excluding carboxylic acids is 1. The van der Waals surface area contributed by atoms with E-state index in [0.29, 0.717) is 6.42 Å². The number of urea groups is 1. The lowest BCUT2D eigenvalue weighted by Gasteiger charge is -2.25. The second-order valence-electron chi connectivity index (χ2n) is 5.33. The molecule has 0 aromatic heterocycles. The Morgan fingerprint density at radius 1 is 1.00 bits per heavy atom. The quantitative estimate of drug-likeness (QED) is 0.789. The van der Waals surface area contributed by atoms with Gasteiger partial charge < -0.3 is 15.3 Å². The first-order valence-corrected chi connectivity index (χ1v) is 6.97. The number of likely N-dealkylation sites (tertiary alicyclic amines) is 1. The third kappa shape index (κ3) is 3.15. The highest BCUT2D eigenvalue weighted by Crippen LogP contribution is 2.26. The fourth-order valence-electron chi connectivity index (χ4n) is 2.95.